The van der Waals surface area contributed by atoms with Gasteiger partial charge in [-0.25, -0.2) is 9.69 Å². The molecule has 0 saturated carbocycles. The van der Waals surface area contributed by atoms with Gasteiger partial charge in [-0.15, -0.1) is 11.8 Å². The zero-order valence-electron chi connectivity index (χ0n) is 35.3. The highest BCUT2D eigenvalue weighted by molar-refractivity contribution is 8.02. The first-order valence-corrected chi connectivity index (χ1v) is 21.4. The smallest absolute Gasteiger partial charge is 0.417 e. The third-order valence-corrected chi connectivity index (χ3v) is 10.9. The SMILES string of the molecule is C/C=C/CCCCC/C=C/C(=C/SCC)C(C[C@@H](C(=O)/C=C/C[C@@H]1OC(C)(C)O[C@H]1CC/C=C/C)C(=O)N1C(=O)OC[C@@H]1Cc1ccccc1)(C(=O)OC)C(=O)OC. The second-order valence-electron chi connectivity index (χ2n) is 14.8. The maximum Gasteiger partial charge on any atom is 0.417 e. The number of allylic oxidation sites excluding steroid dienone is 7. The van der Waals surface area contributed by atoms with Gasteiger partial charge in [-0.3, -0.25) is 19.2 Å². The summed E-state index contributed by atoms with van der Waals surface area (Å²) in [4.78, 5) is 71.9. The first-order valence-electron chi connectivity index (χ1n) is 20.4. The Balaban J connectivity index is 2.09. The summed E-state index contributed by atoms with van der Waals surface area (Å²) in [5.74, 6) is -5.53. The minimum absolute atomic E-state index is 0.0888. The fourth-order valence-electron chi connectivity index (χ4n) is 7.25. The van der Waals surface area contributed by atoms with Gasteiger partial charge >= 0.3 is 18.0 Å². The van der Waals surface area contributed by atoms with Gasteiger partial charge in [0.15, 0.2) is 17.0 Å². The molecule has 3 rings (SSSR count). The number of hydrogen-bond acceptors (Lipinski definition) is 11. The Morgan fingerprint density at radius 2 is 1.53 bits per heavy atom. The van der Waals surface area contributed by atoms with E-state index in [0.29, 0.717) is 18.6 Å². The van der Waals surface area contributed by atoms with Crippen LogP contribution >= 0.6 is 11.8 Å². The molecule has 318 valence electrons. The molecule has 2 aliphatic heterocycles. The zero-order chi connectivity index (χ0) is 42.6. The molecule has 2 amide bonds. The minimum atomic E-state index is -2.25. The summed E-state index contributed by atoms with van der Waals surface area (Å²) < 4.78 is 28.3. The number of nitrogens with zero attached hydrogens (tertiary/aromatic N) is 1. The van der Waals surface area contributed by atoms with Crippen LogP contribution in [0.25, 0.3) is 0 Å². The number of ether oxygens (including phenoxy) is 5. The van der Waals surface area contributed by atoms with E-state index in [1.807, 2.05) is 89.3 Å². The number of cyclic esters (lactones) is 1. The van der Waals surface area contributed by atoms with Crippen LogP contribution in [0.2, 0.25) is 0 Å². The summed E-state index contributed by atoms with van der Waals surface area (Å²) in [5, 5.41) is 1.67. The van der Waals surface area contributed by atoms with E-state index in [4.69, 9.17) is 23.7 Å². The molecule has 1 aromatic carbocycles. The number of carbonyl (C=O) groups is 5. The van der Waals surface area contributed by atoms with E-state index < -0.39 is 59.3 Å². The van der Waals surface area contributed by atoms with Gasteiger partial charge in [-0.2, -0.15) is 0 Å². The van der Waals surface area contributed by atoms with Crippen LogP contribution in [0.4, 0.5) is 4.79 Å². The molecule has 2 saturated heterocycles. The predicted octanol–water partition coefficient (Wildman–Crippen LogP) is 9.03. The molecule has 1 aromatic rings. The molecule has 12 heteroatoms. The van der Waals surface area contributed by atoms with E-state index in [1.54, 1.807) is 17.6 Å². The van der Waals surface area contributed by atoms with E-state index >= 15 is 0 Å². The Morgan fingerprint density at radius 1 is 0.897 bits per heavy atom. The maximum atomic E-state index is 14.8. The number of imide groups is 1. The Morgan fingerprint density at radius 3 is 2.17 bits per heavy atom. The largest absolute Gasteiger partial charge is 0.468 e. The van der Waals surface area contributed by atoms with Gasteiger partial charge in [0.1, 0.15) is 12.5 Å². The summed E-state index contributed by atoms with van der Waals surface area (Å²) in [6.07, 6.45) is 19.0. The number of carbonyl (C=O) groups excluding carboxylic acids is 5. The average molecular weight is 822 g/mol. The van der Waals surface area contributed by atoms with Gasteiger partial charge in [0.2, 0.25) is 5.91 Å². The van der Waals surface area contributed by atoms with Crippen molar-refractivity contribution in [3.8, 4) is 0 Å². The van der Waals surface area contributed by atoms with Crippen molar-refractivity contribution < 1.29 is 47.7 Å². The predicted molar refractivity (Wildman–Crippen MR) is 227 cm³/mol. The quantitative estimate of drug-likeness (QED) is 0.0188. The van der Waals surface area contributed by atoms with Crippen molar-refractivity contribution in [3.63, 3.8) is 0 Å². The Labute approximate surface area is 349 Å². The first-order chi connectivity index (χ1) is 27.9. The van der Waals surface area contributed by atoms with Gasteiger partial charge in [-0.05, 0) is 114 Å². The molecule has 58 heavy (non-hydrogen) atoms. The van der Waals surface area contributed by atoms with E-state index in [2.05, 4.69) is 6.08 Å². The molecule has 0 bridgehead atoms. The van der Waals surface area contributed by atoms with Crippen LogP contribution in [0, 0.1) is 11.3 Å². The Hall–Kier alpha value is -4.26. The van der Waals surface area contributed by atoms with Crippen LogP contribution in [0.5, 0.6) is 0 Å². The van der Waals surface area contributed by atoms with Gasteiger partial charge in [-0.1, -0.05) is 86.2 Å². The third kappa shape index (κ3) is 13.7. The summed E-state index contributed by atoms with van der Waals surface area (Å²) in [5.41, 5.74) is -1.18. The lowest BCUT2D eigenvalue weighted by Crippen LogP contribution is -2.50. The standard InChI is InChI=1S/C46H63NO10S/c1-8-11-13-14-15-16-17-22-26-35(33-58-10-3)46(42(50)53-6,43(51)54-7)31-37(41(49)47-36(32-55-44(47)52)30-34-24-20-18-21-25-34)38(48)27-23-29-40-39(28-19-12-9-2)56-45(4,5)57-40/h8-9,11-12,18,20-27,33,36-37,39-40H,10,13-17,19,28-32H2,1-7H3/b11-8+,12-9+,26-22+,27-23+,35-33-/t36-,37-,39-,40-/m0/s1. The molecule has 0 unspecified atom stereocenters. The Kier molecular flexibility index (Phi) is 20.4. The number of hydrogen-bond donors (Lipinski definition) is 0. The van der Waals surface area contributed by atoms with Crippen molar-refractivity contribution in [2.24, 2.45) is 11.3 Å². The lowest BCUT2D eigenvalue weighted by molar-refractivity contribution is -0.167. The number of amides is 2. The molecule has 0 N–H and O–H groups in total. The van der Waals surface area contributed by atoms with Crippen molar-refractivity contribution >= 4 is 41.5 Å². The van der Waals surface area contributed by atoms with Gasteiger partial charge < -0.3 is 23.7 Å². The van der Waals surface area contributed by atoms with Crippen LogP contribution in [-0.4, -0.2) is 85.2 Å². The monoisotopic (exact) mass is 821 g/mol. The summed E-state index contributed by atoms with van der Waals surface area (Å²) >= 11 is 1.35. The lowest BCUT2D eigenvalue weighted by atomic mass is 9.71. The first kappa shape index (κ1) is 48.1. The van der Waals surface area contributed by atoms with Gasteiger partial charge in [0.25, 0.3) is 0 Å². The highest BCUT2D eigenvalue weighted by Crippen LogP contribution is 2.42. The number of unbranched alkanes of at least 4 members (excludes halogenated alkanes) is 4. The van der Waals surface area contributed by atoms with E-state index in [0.717, 1.165) is 56.8 Å². The number of esters is 2. The number of rotatable bonds is 24. The van der Waals surface area contributed by atoms with E-state index in [9.17, 15) is 24.0 Å². The molecule has 2 aliphatic rings. The molecule has 0 spiro atoms. The highest BCUT2D eigenvalue weighted by Gasteiger charge is 2.56. The number of methoxy groups -OCH3 is 2. The second kappa shape index (κ2) is 24.6. The molecule has 0 aromatic heterocycles. The van der Waals surface area contributed by atoms with Crippen molar-refractivity contribution in [1.82, 2.24) is 4.90 Å². The van der Waals surface area contributed by atoms with Crippen LogP contribution in [0.3, 0.4) is 0 Å². The van der Waals surface area contributed by atoms with Crippen molar-refractivity contribution in [2.45, 2.75) is 123 Å². The number of thioether (sulfide) groups is 1. The molecule has 2 fully saturated rings. The molecule has 0 radical (unpaired) electrons. The number of benzene rings is 1. The maximum absolute atomic E-state index is 14.8. The molecular formula is C46H63NO10S. The van der Waals surface area contributed by atoms with Gasteiger partial charge in [0, 0.05) is 0 Å². The van der Waals surface area contributed by atoms with Crippen LogP contribution in [-0.2, 0) is 49.3 Å². The topological polar surface area (TPSA) is 135 Å². The van der Waals surface area contributed by atoms with Gasteiger partial charge in [0.05, 0.1) is 32.5 Å². The molecule has 0 aliphatic carbocycles. The van der Waals surface area contributed by atoms with Crippen LogP contribution in [0.1, 0.15) is 98.0 Å². The Bertz CT molecular complexity index is 1650. The van der Waals surface area contributed by atoms with Crippen molar-refractivity contribution in [1.29, 1.82) is 0 Å². The van der Waals surface area contributed by atoms with Crippen molar-refractivity contribution in [3.05, 3.63) is 95.5 Å². The molecule has 4 atom stereocenters. The van der Waals surface area contributed by atoms with Crippen LogP contribution < -0.4 is 0 Å². The summed E-state index contributed by atoms with van der Waals surface area (Å²) in [6, 6.07) is 8.56. The zero-order valence-corrected chi connectivity index (χ0v) is 36.1. The third-order valence-electron chi connectivity index (χ3n) is 10.2. The minimum Gasteiger partial charge on any atom is -0.468 e. The number of ketones is 1. The summed E-state index contributed by atoms with van der Waals surface area (Å²) in [6.45, 7) is 9.44. The molecular weight excluding hydrogens is 759 g/mol. The highest BCUT2D eigenvalue weighted by atomic mass is 32.2. The fourth-order valence-corrected chi connectivity index (χ4v) is 7.88. The average Bonchev–Trinajstić information content (AvgIpc) is 3.73. The lowest BCUT2D eigenvalue weighted by Gasteiger charge is -2.33. The van der Waals surface area contributed by atoms with Crippen molar-refractivity contribution in [2.75, 3.05) is 26.6 Å². The molecule has 2 heterocycles. The normalized spacial score (nSPS) is 20.4. The van der Waals surface area contributed by atoms with E-state index in [-0.39, 0.29) is 37.2 Å². The fraction of sp³-hybridized carbons (Fsp3) is 0.543. The van der Waals surface area contributed by atoms with E-state index in [1.165, 1.54) is 17.8 Å². The second-order valence-corrected chi connectivity index (χ2v) is 16.0. The molecule has 11 nitrogen and oxygen atoms in total. The van der Waals surface area contributed by atoms with Crippen LogP contribution in [0.15, 0.2) is 89.9 Å². The summed E-state index contributed by atoms with van der Waals surface area (Å²) in [7, 11) is 2.28.